The Hall–Kier alpha value is -1.36. The van der Waals surface area contributed by atoms with E-state index >= 15 is 0 Å². The van der Waals surface area contributed by atoms with Crippen LogP contribution in [0.3, 0.4) is 0 Å². The Balaban J connectivity index is 0. The van der Waals surface area contributed by atoms with Crippen molar-refractivity contribution in [2.24, 2.45) is 0 Å². The summed E-state index contributed by atoms with van der Waals surface area (Å²) < 4.78 is 4.05. The third-order valence-corrected chi connectivity index (χ3v) is 1.79. The van der Waals surface area contributed by atoms with Crippen LogP contribution in [-0.2, 0) is 43.3 Å². The molecule has 0 aromatic rings. The maximum atomic E-state index is 10.3. The van der Waals surface area contributed by atoms with Gasteiger partial charge in [-0.2, -0.15) is 7.11 Å². The number of aliphatic carboxylic acids is 1. The Morgan fingerprint density at radius 3 is 2.00 bits per heavy atom. The van der Waals surface area contributed by atoms with E-state index in [0.29, 0.717) is 19.3 Å². The number of carbonyl (C=O) groups is 4. The molecule has 0 saturated carbocycles. The summed E-state index contributed by atoms with van der Waals surface area (Å²) in [5, 5.41) is 10.3. The van der Waals surface area contributed by atoms with Crippen LogP contribution in [0.25, 0.3) is 0 Å². The molecule has 108 valence electrons. The molecule has 1 fully saturated rings. The van der Waals surface area contributed by atoms with Gasteiger partial charge in [0, 0.05) is 25.7 Å². The molecule has 8 heteroatoms. The number of nitrogens with one attached hydrogen (secondary N) is 1. The minimum absolute atomic E-state index is 0.00486. The van der Waals surface area contributed by atoms with E-state index in [0.717, 1.165) is 0 Å². The van der Waals surface area contributed by atoms with E-state index in [1.165, 1.54) is 19.4 Å². The molecule has 1 aliphatic rings. The van der Waals surface area contributed by atoms with Gasteiger partial charge >= 0.3 is 30.2 Å². The van der Waals surface area contributed by atoms with E-state index in [-0.39, 0.29) is 24.7 Å². The Bertz CT molecular complexity index is 317. The number of hydrogen-bond donors (Lipinski definition) is 2. The van der Waals surface area contributed by atoms with Gasteiger partial charge in [0.1, 0.15) is 0 Å². The zero-order valence-corrected chi connectivity index (χ0v) is 13.3. The van der Waals surface area contributed by atoms with E-state index in [1.807, 2.05) is 0 Å². The Morgan fingerprint density at radius 2 is 1.74 bits per heavy atom. The van der Waals surface area contributed by atoms with Crippen LogP contribution in [0.15, 0.2) is 0 Å². The van der Waals surface area contributed by atoms with Crippen molar-refractivity contribution in [1.29, 1.82) is 0 Å². The van der Waals surface area contributed by atoms with Crippen LogP contribution in [0.1, 0.15) is 32.1 Å². The summed E-state index contributed by atoms with van der Waals surface area (Å²) in [5.74, 6) is -1.67. The molecular weight excluding hydrogens is 426 g/mol. The number of ether oxygens (including phenoxy) is 1. The van der Waals surface area contributed by atoms with Gasteiger partial charge < -0.3 is 9.84 Å². The molecule has 1 heterocycles. The van der Waals surface area contributed by atoms with Crippen molar-refractivity contribution < 1.29 is 48.4 Å². The first-order chi connectivity index (χ1) is 8.95. The van der Waals surface area contributed by atoms with Crippen LogP contribution in [-0.4, -0.2) is 33.8 Å². The number of carboxylic acids is 1. The molecule has 0 spiro atoms. The first-order valence-electron chi connectivity index (χ1n) is 5.24. The van der Waals surface area contributed by atoms with Gasteiger partial charge in [-0.15, -0.1) is 0 Å². The van der Waals surface area contributed by atoms with Crippen molar-refractivity contribution >= 4 is 28.7 Å². The van der Waals surface area contributed by atoms with Gasteiger partial charge in [0.15, 0.2) is 0 Å². The van der Waals surface area contributed by atoms with Crippen molar-refractivity contribution in [3.8, 4) is 0 Å². The summed E-state index contributed by atoms with van der Waals surface area (Å²) in [6.45, 7) is 0. The Kier molecular flexibility index (Phi) is 13.7. The van der Waals surface area contributed by atoms with Gasteiger partial charge in [-0.3, -0.25) is 24.5 Å². The number of imide groups is 1. The summed E-state index contributed by atoms with van der Waals surface area (Å²) >= 11 is 1.33. The number of hydrogen-bond acceptors (Lipinski definition) is 5. The van der Waals surface area contributed by atoms with Gasteiger partial charge in [-0.05, 0) is 6.42 Å². The minimum atomic E-state index is -0.906. The number of esters is 1. The summed E-state index contributed by atoms with van der Waals surface area (Å²) in [6.07, 6.45) is 1.17. The summed E-state index contributed by atoms with van der Waals surface area (Å²) in [6, 6.07) is 0. The molecule has 7 nitrogen and oxygen atoms in total. The van der Waals surface area contributed by atoms with E-state index in [4.69, 9.17) is 5.11 Å². The van der Waals surface area contributed by atoms with Crippen molar-refractivity contribution in [2.45, 2.75) is 32.1 Å². The SMILES string of the molecule is O=C1CCC(=O)N1.[CH2-]OC(=O)CCCC(=O)O.[CH2]=[W]. The molecule has 2 N–H and O–H groups in total. The van der Waals surface area contributed by atoms with E-state index in [1.54, 1.807) is 0 Å². The number of amides is 2. The predicted molar refractivity (Wildman–Crippen MR) is 62.4 cm³/mol. The fourth-order valence-corrected chi connectivity index (χ4v) is 0.964. The fourth-order valence-electron chi connectivity index (χ4n) is 0.964. The molecule has 19 heavy (non-hydrogen) atoms. The standard InChI is InChI=1S/C6H9O4.C4H5NO2.CH2.W/c1-10-6(9)4-2-3-5(7)8;6-3-1-2-4(7)5-3;;/h1-4H2,(H,7,8);1-2H2,(H,5,6,7);1H2;/q-1;;;. The van der Waals surface area contributed by atoms with Gasteiger partial charge in [0.25, 0.3) is 5.97 Å². The Morgan fingerprint density at radius 1 is 1.26 bits per heavy atom. The molecule has 1 rings (SSSR count). The summed E-state index contributed by atoms with van der Waals surface area (Å²) in [4.78, 5) is 43.8. The first kappa shape index (κ1) is 20.0. The molecule has 2 amide bonds. The fraction of sp³-hybridized carbons (Fsp3) is 0.455. The van der Waals surface area contributed by atoms with E-state index in [9.17, 15) is 19.2 Å². The van der Waals surface area contributed by atoms with Crippen molar-refractivity contribution in [1.82, 2.24) is 5.32 Å². The Labute approximate surface area is 122 Å². The molecule has 0 radical (unpaired) electrons. The molecule has 0 aromatic heterocycles. The summed E-state index contributed by atoms with van der Waals surface area (Å²) in [7, 11) is 2.89. The third kappa shape index (κ3) is 14.6. The van der Waals surface area contributed by atoms with Crippen LogP contribution in [0, 0.1) is 7.11 Å². The number of carboxylic acid groups (broad SMARTS) is 1. The maximum absolute atomic E-state index is 10.3. The predicted octanol–water partition coefficient (Wildman–Crippen LogP) is -0.0357. The number of rotatable bonds is 4. The molecule has 0 atom stereocenters. The molecule has 0 bridgehead atoms. The molecule has 1 aliphatic heterocycles. The molecule has 0 aromatic carbocycles. The van der Waals surface area contributed by atoms with Crippen molar-refractivity contribution in [2.75, 3.05) is 0 Å². The molecular formula is C11H16NO6W-. The van der Waals surface area contributed by atoms with Crippen LogP contribution in [0.4, 0.5) is 0 Å². The average molecular weight is 442 g/mol. The molecule has 0 unspecified atom stereocenters. The summed E-state index contributed by atoms with van der Waals surface area (Å²) in [5.41, 5.74) is 0. The third-order valence-electron chi connectivity index (χ3n) is 1.79. The molecule has 0 aliphatic carbocycles. The van der Waals surface area contributed by atoms with Crippen molar-refractivity contribution in [3.05, 3.63) is 7.11 Å². The van der Waals surface area contributed by atoms with Gasteiger partial charge in [0.2, 0.25) is 11.8 Å². The zero-order valence-electron chi connectivity index (χ0n) is 10.3. The van der Waals surface area contributed by atoms with Crippen LogP contribution >= 0.6 is 0 Å². The number of carbonyl (C=O) groups excluding carboxylic acids is 3. The van der Waals surface area contributed by atoms with Crippen molar-refractivity contribution in [3.63, 3.8) is 0 Å². The monoisotopic (exact) mass is 442 g/mol. The molecule has 1 saturated heterocycles. The van der Waals surface area contributed by atoms with Gasteiger partial charge in [-0.25, -0.2) is 0 Å². The second-order valence-corrected chi connectivity index (χ2v) is 3.23. The van der Waals surface area contributed by atoms with Gasteiger partial charge in [-0.1, -0.05) is 0 Å². The zero-order chi connectivity index (χ0) is 15.3. The van der Waals surface area contributed by atoms with Gasteiger partial charge in [0.05, 0.1) is 0 Å². The first-order valence-corrected chi connectivity index (χ1v) is 7.31. The van der Waals surface area contributed by atoms with E-state index in [2.05, 4.69) is 22.1 Å². The average Bonchev–Trinajstić information content (AvgIpc) is 2.75. The topological polar surface area (TPSA) is 110 Å². The van der Waals surface area contributed by atoms with E-state index < -0.39 is 11.9 Å². The second-order valence-electron chi connectivity index (χ2n) is 3.23. The second kappa shape index (κ2) is 13.1. The van der Waals surface area contributed by atoms with Crippen LogP contribution in [0.2, 0.25) is 0 Å². The normalized spacial score (nSPS) is 12.3. The van der Waals surface area contributed by atoms with Crippen LogP contribution < -0.4 is 5.32 Å². The van der Waals surface area contributed by atoms with Crippen LogP contribution in [0.5, 0.6) is 0 Å². The quantitative estimate of drug-likeness (QED) is 0.360.